The number of aliphatic carboxylic acids is 1. The Morgan fingerprint density at radius 1 is 1.32 bits per heavy atom. The molecule has 0 amide bonds. The number of halogens is 2. The third-order valence-electron chi connectivity index (χ3n) is 6.54. The first-order chi connectivity index (χ1) is 16.4. The van der Waals surface area contributed by atoms with Gasteiger partial charge in [0, 0.05) is 50.2 Å². The van der Waals surface area contributed by atoms with Crippen LogP contribution in [0.3, 0.4) is 0 Å². The van der Waals surface area contributed by atoms with E-state index in [4.69, 9.17) is 25.3 Å². The molecule has 0 radical (unpaired) electrons. The van der Waals surface area contributed by atoms with Crippen LogP contribution in [0.5, 0.6) is 0 Å². The molecule has 34 heavy (non-hydrogen) atoms. The highest BCUT2D eigenvalue weighted by Gasteiger charge is 2.34. The normalized spacial score (nSPS) is 21.7. The molecule has 0 bridgehead atoms. The van der Waals surface area contributed by atoms with Crippen molar-refractivity contribution in [2.45, 2.75) is 57.0 Å². The summed E-state index contributed by atoms with van der Waals surface area (Å²) in [6, 6.07) is 0. The Labute approximate surface area is 205 Å². The molecule has 1 unspecified atom stereocenters. The minimum atomic E-state index is -1.82. The first-order valence-corrected chi connectivity index (χ1v) is 12.3. The quantitative estimate of drug-likeness (QED) is 0.479. The second-order valence-electron chi connectivity index (χ2n) is 8.71. The monoisotopic (exact) mass is 537 g/mol. The molecule has 4 rings (SSSR count). The fourth-order valence-corrected chi connectivity index (χ4v) is 5.21. The van der Waals surface area contributed by atoms with Crippen molar-refractivity contribution in [3.63, 3.8) is 0 Å². The Kier molecular flexibility index (Phi) is 7.82. The van der Waals surface area contributed by atoms with Gasteiger partial charge in [0.25, 0.3) is 0 Å². The van der Waals surface area contributed by atoms with Crippen LogP contribution >= 0.6 is 15.9 Å². The average molecular weight is 538 g/mol. The highest BCUT2D eigenvalue weighted by molar-refractivity contribution is 9.10. The molecular formula is C23H29BrFN5O4. The number of carboxylic acid groups (broad SMARTS) is 1. The summed E-state index contributed by atoms with van der Waals surface area (Å²) in [5, 5.41) is 13.4. The number of allylic oxidation sites excluding steroid dienone is 1. The highest BCUT2D eigenvalue weighted by Crippen LogP contribution is 2.41. The van der Waals surface area contributed by atoms with Crippen LogP contribution in [0.1, 0.15) is 62.1 Å². The lowest BCUT2D eigenvalue weighted by molar-refractivity contribution is -0.145. The van der Waals surface area contributed by atoms with Crippen molar-refractivity contribution in [2.24, 2.45) is 10.9 Å². The molecule has 3 heterocycles. The van der Waals surface area contributed by atoms with Gasteiger partial charge in [-0.2, -0.15) is 9.61 Å². The number of fused-ring (bicyclic) bond motifs is 1. The molecule has 11 heteroatoms. The van der Waals surface area contributed by atoms with Crippen LogP contribution in [0.15, 0.2) is 21.9 Å². The van der Waals surface area contributed by atoms with E-state index >= 15 is 0 Å². The van der Waals surface area contributed by atoms with Gasteiger partial charge < -0.3 is 20.3 Å². The third-order valence-corrected chi connectivity index (χ3v) is 7.35. The number of hydrogen-bond donors (Lipinski definition) is 2. The van der Waals surface area contributed by atoms with E-state index < -0.39 is 18.1 Å². The lowest BCUT2D eigenvalue weighted by Crippen LogP contribution is -2.28. The van der Waals surface area contributed by atoms with Gasteiger partial charge in [-0.15, -0.1) is 0 Å². The lowest BCUT2D eigenvalue weighted by Gasteiger charge is -2.29. The van der Waals surface area contributed by atoms with E-state index in [1.54, 1.807) is 24.0 Å². The van der Waals surface area contributed by atoms with E-state index in [1.807, 2.05) is 0 Å². The Morgan fingerprint density at radius 2 is 2.09 bits per heavy atom. The Morgan fingerprint density at radius 3 is 2.74 bits per heavy atom. The number of nitrogen functional groups attached to an aromatic ring is 1. The topological polar surface area (TPSA) is 124 Å². The number of nitrogens with two attached hydrogens (primary N) is 1. The molecule has 0 aromatic carbocycles. The van der Waals surface area contributed by atoms with Gasteiger partial charge in [-0.05, 0) is 53.6 Å². The van der Waals surface area contributed by atoms with Crippen LogP contribution in [-0.4, -0.2) is 58.1 Å². The summed E-state index contributed by atoms with van der Waals surface area (Å²) in [4.78, 5) is 20.4. The zero-order valence-electron chi connectivity index (χ0n) is 19.0. The summed E-state index contributed by atoms with van der Waals surface area (Å²) < 4.78 is 27.0. The van der Waals surface area contributed by atoms with Gasteiger partial charge in [0.15, 0.2) is 17.7 Å². The smallest absolute Gasteiger partial charge is 0.338 e. The number of ether oxygens (including phenoxy) is 2. The minimum Gasteiger partial charge on any atom is -0.481 e. The maximum absolute atomic E-state index is 14.0. The van der Waals surface area contributed by atoms with E-state index in [0.29, 0.717) is 67.2 Å². The zero-order chi connectivity index (χ0) is 24.2. The molecule has 1 saturated carbocycles. The van der Waals surface area contributed by atoms with Gasteiger partial charge in [0.1, 0.15) is 5.82 Å². The molecule has 184 valence electrons. The molecule has 9 nitrogen and oxygen atoms in total. The molecule has 0 spiro atoms. The molecule has 0 saturated heterocycles. The van der Waals surface area contributed by atoms with Crippen LogP contribution in [0.2, 0.25) is 0 Å². The Balaban J connectivity index is 1.55. The molecule has 2 aliphatic rings. The second kappa shape index (κ2) is 10.8. The molecule has 1 fully saturated rings. The summed E-state index contributed by atoms with van der Waals surface area (Å²) in [7, 11) is 1.66. The van der Waals surface area contributed by atoms with Crippen molar-refractivity contribution < 1.29 is 23.8 Å². The number of alkyl halides is 1. The Hall–Kier alpha value is -2.53. The summed E-state index contributed by atoms with van der Waals surface area (Å²) in [6.07, 6.45) is 6.27. The number of aromatic nitrogens is 3. The van der Waals surface area contributed by atoms with Gasteiger partial charge in [0.05, 0.1) is 23.0 Å². The fourth-order valence-electron chi connectivity index (χ4n) is 4.62. The first kappa shape index (κ1) is 24.6. The fraction of sp³-hybridized carbons (Fsp3) is 0.565. The van der Waals surface area contributed by atoms with E-state index in [0.717, 1.165) is 29.7 Å². The SMILES string of the molecule is COCCCOC1=NC=C(c2cnn3c(N)c(Br)c(C4CCC(C(F)C(=O)O)CC4)nc23)CC1. The molecular weight excluding hydrogens is 509 g/mol. The van der Waals surface area contributed by atoms with Crippen molar-refractivity contribution in [3.8, 4) is 0 Å². The van der Waals surface area contributed by atoms with E-state index in [1.165, 1.54) is 0 Å². The molecule has 2 aromatic heterocycles. The van der Waals surface area contributed by atoms with Crippen molar-refractivity contribution in [1.82, 2.24) is 14.6 Å². The number of aliphatic imine (C=N–C) groups is 1. The second-order valence-corrected chi connectivity index (χ2v) is 9.51. The number of carboxylic acids is 1. The van der Waals surface area contributed by atoms with Gasteiger partial charge in [0.2, 0.25) is 0 Å². The summed E-state index contributed by atoms with van der Waals surface area (Å²) >= 11 is 3.57. The summed E-state index contributed by atoms with van der Waals surface area (Å²) in [5.41, 5.74) is 9.71. The Bertz CT molecular complexity index is 1110. The standard InChI is InChI=1S/C23H29BrFN5O4/c1-33-9-2-10-34-17-8-7-15(11-27-17)16-12-28-30-21(26)18(24)20(29-22(16)30)14-5-3-13(4-6-14)19(25)23(31)32/h11-14,19H,2-10,26H2,1H3,(H,31,32). The predicted octanol–water partition coefficient (Wildman–Crippen LogP) is 4.36. The summed E-state index contributed by atoms with van der Waals surface area (Å²) in [6.45, 7) is 1.22. The van der Waals surface area contributed by atoms with E-state index in [2.05, 4.69) is 26.0 Å². The maximum Gasteiger partial charge on any atom is 0.338 e. The van der Waals surface area contributed by atoms with Crippen LogP contribution in [0.4, 0.5) is 10.2 Å². The van der Waals surface area contributed by atoms with Crippen molar-refractivity contribution in [2.75, 3.05) is 26.1 Å². The number of anilines is 1. The maximum atomic E-state index is 14.0. The van der Waals surface area contributed by atoms with Crippen LogP contribution in [-0.2, 0) is 14.3 Å². The minimum absolute atomic E-state index is 0.0622. The molecule has 2 aromatic rings. The third kappa shape index (κ3) is 5.10. The van der Waals surface area contributed by atoms with Gasteiger partial charge in [-0.25, -0.2) is 19.2 Å². The van der Waals surface area contributed by atoms with Crippen LogP contribution in [0, 0.1) is 5.92 Å². The number of methoxy groups -OCH3 is 1. The largest absolute Gasteiger partial charge is 0.481 e. The van der Waals surface area contributed by atoms with Gasteiger partial charge in [-0.1, -0.05) is 0 Å². The van der Waals surface area contributed by atoms with E-state index in [-0.39, 0.29) is 5.92 Å². The average Bonchev–Trinajstić information content (AvgIpc) is 3.28. The van der Waals surface area contributed by atoms with Gasteiger partial charge >= 0.3 is 5.97 Å². The van der Waals surface area contributed by atoms with Crippen LogP contribution in [0.25, 0.3) is 11.2 Å². The van der Waals surface area contributed by atoms with Gasteiger partial charge in [-0.3, -0.25) is 0 Å². The van der Waals surface area contributed by atoms with E-state index in [9.17, 15) is 9.18 Å². The molecule has 1 aliphatic carbocycles. The molecule has 1 atom stereocenters. The number of nitrogens with zero attached hydrogens (tertiary/aromatic N) is 4. The molecule has 3 N–H and O–H groups in total. The predicted molar refractivity (Wildman–Crippen MR) is 129 cm³/mol. The number of carbonyl (C=O) groups is 1. The first-order valence-electron chi connectivity index (χ1n) is 11.5. The number of hydrogen-bond acceptors (Lipinski definition) is 7. The lowest BCUT2D eigenvalue weighted by atomic mass is 9.78. The summed E-state index contributed by atoms with van der Waals surface area (Å²) in [5.74, 6) is -0.632. The highest BCUT2D eigenvalue weighted by atomic mass is 79.9. The number of rotatable bonds is 8. The zero-order valence-corrected chi connectivity index (χ0v) is 20.6. The van der Waals surface area contributed by atoms with Crippen LogP contribution < -0.4 is 5.73 Å². The van der Waals surface area contributed by atoms with Crippen molar-refractivity contribution >= 4 is 44.8 Å². The molecule has 1 aliphatic heterocycles. The van der Waals surface area contributed by atoms with Crippen molar-refractivity contribution in [3.05, 3.63) is 28.1 Å². The van der Waals surface area contributed by atoms with Crippen molar-refractivity contribution in [1.29, 1.82) is 0 Å².